The van der Waals surface area contributed by atoms with E-state index in [1.165, 1.54) is 24.4 Å². The molecule has 1 aliphatic heterocycles. The number of nitrogens with two attached hydrogens (primary N) is 1. The van der Waals surface area contributed by atoms with Crippen LogP contribution in [0.4, 0.5) is 14.5 Å². The van der Waals surface area contributed by atoms with Crippen molar-refractivity contribution in [2.75, 3.05) is 11.9 Å². The lowest BCUT2D eigenvalue weighted by molar-refractivity contribution is -0.147. The number of nitrogens with one attached hydrogen (secondary N) is 1. The summed E-state index contributed by atoms with van der Waals surface area (Å²) >= 11 is 6.80. The highest BCUT2D eigenvalue weighted by atomic mass is 35.5. The Morgan fingerprint density at radius 2 is 2.00 bits per heavy atom. The molecule has 2 aromatic rings. The van der Waals surface area contributed by atoms with E-state index in [9.17, 15) is 14.0 Å². The molecular formula is C22H23ClF2N4O3S. The van der Waals surface area contributed by atoms with Crippen LogP contribution in [0.2, 0.25) is 5.02 Å². The van der Waals surface area contributed by atoms with Crippen LogP contribution in [0.15, 0.2) is 35.5 Å². The average Bonchev–Trinajstić information content (AvgIpc) is 2.74. The summed E-state index contributed by atoms with van der Waals surface area (Å²) < 4.78 is 33.7. The van der Waals surface area contributed by atoms with Crippen molar-refractivity contribution < 1.29 is 23.1 Å². The number of halogens is 3. The standard InChI is InChI=1S/C22H23ClF2N4O3S/c1-5-32-19(31)22(4)11(2)21(3,29-20(26)33-22)14-8-13(9-15(24)17(14)25)28-18(30)16-7-6-12(23)10-27-16/h6-11H,5H2,1-4H3,(H2,26,29)(H,28,30)/t11-,21-,22-/m0/s1. The number of pyridine rings is 1. The number of thioether (sulfide) groups is 1. The maximum absolute atomic E-state index is 15.1. The van der Waals surface area contributed by atoms with Crippen molar-refractivity contribution in [1.82, 2.24) is 4.98 Å². The van der Waals surface area contributed by atoms with E-state index < -0.39 is 39.7 Å². The van der Waals surface area contributed by atoms with Crippen LogP contribution in [0.1, 0.15) is 43.7 Å². The number of benzene rings is 1. The van der Waals surface area contributed by atoms with Gasteiger partial charge < -0.3 is 15.8 Å². The summed E-state index contributed by atoms with van der Waals surface area (Å²) in [4.78, 5) is 33.6. The Kier molecular flexibility index (Phi) is 6.99. The predicted octanol–water partition coefficient (Wildman–Crippen LogP) is 4.50. The SMILES string of the molecule is CCOC(=O)[C@@]1(C)SC(N)=N[C@](C)(c2cc(NC(=O)c3ccc(Cl)cn3)cc(F)c2F)[C@@H]1C. The molecule has 3 N–H and O–H groups in total. The van der Waals surface area contributed by atoms with Crippen LogP contribution in [0.5, 0.6) is 0 Å². The summed E-state index contributed by atoms with van der Waals surface area (Å²) in [5.74, 6) is -4.17. The first kappa shape index (κ1) is 24.9. The van der Waals surface area contributed by atoms with E-state index in [1.807, 2.05) is 0 Å². The summed E-state index contributed by atoms with van der Waals surface area (Å²) in [5.41, 5.74) is 4.45. The van der Waals surface area contributed by atoms with Gasteiger partial charge in [0.25, 0.3) is 5.91 Å². The van der Waals surface area contributed by atoms with Gasteiger partial charge in [0.15, 0.2) is 16.8 Å². The highest BCUT2D eigenvalue weighted by Crippen LogP contribution is 2.51. The summed E-state index contributed by atoms with van der Waals surface area (Å²) in [6, 6.07) is 5.02. The molecule has 7 nitrogen and oxygen atoms in total. The topological polar surface area (TPSA) is 107 Å². The minimum absolute atomic E-state index is 0.0103. The van der Waals surface area contributed by atoms with Gasteiger partial charge in [0, 0.05) is 29.4 Å². The van der Waals surface area contributed by atoms with E-state index in [4.69, 9.17) is 22.1 Å². The Hall–Kier alpha value is -2.72. The van der Waals surface area contributed by atoms with Gasteiger partial charge in [0.1, 0.15) is 10.4 Å². The number of aromatic nitrogens is 1. The second-order valence-electron chi connectivity index (χ2n) is 7.88. The third kappa shape index (κ3) is 4.67. The molecule has 11 heteroatoms. The van der Waals surface area contributed by atoms with Gasteiger partial charge in [-0.25, -0.2) is 13.8 Å². The van der Waals surface area contributed by atoms with E-state index in [0.29, 0.717) is 5.02 Å². The number of carbonyl (C=O) groups excluding carboxylic acids is 2. The molecule has 2 heterocycles. The zero-order valence-electron chi connectivity index (χ0n) is 18.4. The number of carbonyl (C=O) groups is 2. The van der Waals surface area contributed by atoms with Gasteiger partial charge in [0.2, 0.25) is 0 Å². The minimum Gasteiger partial charge on any atom is -0.465 e. The van der Waals surface area contributed by atoms with Crippen molar-refractivity contribution >= 4 is 46.1 Å². The van der Waals surface area contributed by atoms with Crippen LogP contribution in [-0.2, 0) is 15.1 Å². The maximum atomic E-state index is 15.1. The molecule has 0 radical (unpaired) electrons. The van der Waals surface area contributed by atoms with Crippen molar-refractivity contribution in [3.05, 3.63) is 58.4 Å². The molecule has 176 valence electrons. The summed E-state index contributed by atoms with van der Waals surface area (Å²) in [5, 5.41) is 2.88. The number of anilines is 1. The molecule has 1 aromatic carbocycles. The third-order valence-electron chi connectivity index (χ3n) is 5.80. The van der Waals surface area contributed by atoms with Crippen LogP contribution in [0.3, 0.4) is 0 Å². The average molecular weight is 497 g/mol. The van der Waals surface area contributed by atoms with Crippen molar-refractivity contribution in [3.8, 4) is 0 Å². The van der Waals surface area contributed by atoms with Crippen LogP contribution in [-0.4, -0.2) is 33.4 Å². The Balaban J connectivity index is 2.05. The molecule has 0 saturated heterocycles. The fourth-order valence-electron chi connectivity index (χ4n) is 3.71. The second-order valence-corrected chi connectivity index (χ2v) is 9.79. The van der Waals surface area contributed by atoms with Gasteiger partial charge in [-0.1, -0.05) is 30.3 Å². The first-order valence-electron chi connectivity index (χ1n) is 10.1. The number of hydrogen-bond acceptors (Lipinski definition) is 7. The fraction of sp³-hybridized carbons (Fsp3) is 0.364. The predicted molar refractivity (Wildman–Crippen MR) is 124 cm³/mol. The number of rotatable bonds is 5. The number of hydrogen-bond donors (Lipinski definition) is 2. The molecule has 33 heavy (non-hydrogen) atoms. The van der Waals surface area contributed by atoms with Crippen molar-refractivity contribution in [3.63, 3.8) is 0 Å². The highest BCUT2D eigenvalue weighted by Gasteiger charge is 2.55. The van der Waals surface area contributed by atoms with E-state index in [0.717, 1.165) is 17.8 Å². The van der Waals surface area contributed by atoms with E-state index >= 15 is 4.39 Å². The summed E-state index contributed by atoms with van der Waals surface area (Å²) in [6.07, 6.45) is 1.29. The highest BCUT2D eigenvalue weighted by molar-refractivity contribution is 8.15. The Morgan fingerprint density at radius 1 is 1.30 bits per heavy atom. The summed E-state index contributed by atoms with van der Waals surface area (Å²) in [7, 11) is 0. The molecule has 0 aliphatic carbocycles. The molecule has 0 spiro atoms. The van der Waals surface area contributed by atoms with Crippen LogP contribution < -0.4 is 11.1 Å². The molecule has 1 amide bonds. The monoisotopic (exact) mass is 496 g/mol. The molecule has 3 rings (SSSR count). The smallest absolute Gasteiger partial charge is 0.322 e. The van der Waals surface area contributed by atoms with Crippen molar-refractivity contribution in [2.24, 2.45) is 16.6 Å². The molecule has 1 aliphatic rings. The lowest BCUT2D eigenvalue weighted by atomic mass is 9.73. The Bertz CT molecular complexity index is 1130. The zero-order chi connectivity index (χ0) is 24.6. The Morgan fingerprint density at radius 3 is 2.61 bits per heavy atom. The van der Waals surface area contributed by atoms with Crippen LogP contribution in [0.25, 0.3) is 0 Å². The van der Waals surface area contributed by atoms with Crippen LogP contribution in [0, 0.1) is 17.6 Å². The first-order chi connectivity index (χ1) is 15.4. The number of nitrogens with zero attached hydrogens (tertiary/aromatic N) is 2. The zero-order valence-corrected chi connectivity index (χ0v) is 20.0. The lowest BCUT2D eigenvalue weighted by Gasteiger charge is -2.45. The molecule has 0 fully saturated rings. The van der Waals surface area contributed by atoms with Gasteiger partial charge in [0.05, 0.1) is 17.2 Å². The maximum Gasteiger partial charge on any atom is 0.322 e. The molecule has 0 bridgehead atoms. The van der Waals surface area contributed by atoms with E-state index in [-0.39, 0.29) is 28.7 Å². The van der Waals surface area contributed by atoms with Gasteiger partial charge in [-0.2, -0.15) is 0 Å². The molecular weight excluding hydrogens is 474 g/mol. The largest absolute Gasteiger partial charge is 0.465 e. The van der Waals surface area contributed by atoms with Crippen molar-refractivity contribution in [1.29, 1.82) is 0 Å². The van der Waals surface area contributed by atoms with E-state index in [2.05, 4.69) is 15.3 Å². The molecule has 0 unspecified atom stereocenters. The van der Waals surface area contributed by atoms with Gasteiger partial charge in [-0.3, -0.25) is 14.6 Å². The quantitative estimate of drug-likeness (QED) is 0.590. The number of aliphatic imine (C=N–C) groups is 1. The Labute approximate surface area is 199 Å². The normalized spacial score (nSPS) is 24.7. The van der Waals surface area contributed by atoms with Crippen molar-refractivity contribution in [2.45, 2.75) is 38.0 Å². The third-order valence-corrected chi connectivity index (χ3v) is 7.27. The molecule has 3 atom stereocenters. The number of ether oxygens (including phenoxy) is 1. The molecule has 1 aromatic heterocycles. The minimum atomic E-state index is -1.43. The number of amides is 1. The van der Waals surface area contributed by atoms with Gasteiger partial charge >= 0.3 is 5.97 Å². The fourth-order valence-corrected chi connectivity index (χ4v) is 5.04. The second kappa shape index (κ2) is 9.26. The number of amidine groups is 1. The van der Waals surface area contributed by atoms with Gasteiger partial charge in [-0.05, 0) is 39.0 Å². The van der Waals surface area contributed by atoms with E-state index in [1.54, 1.807) is 27.7 Å². The van der Waals surface area contributed by atoms with Crippen LogP contribution >= 0.6 is 23.4 Å². The number of esters is 1. The van der Waals surface area contributed by atoms with Gasteiger partial charge in [-0.15, -0.1) is 0 Å². The summed E-state index contributed by atoms with van der Waals surface area (Å²) in [6.45, 7) is 6.71. The lowest BCUT2D eigenvalue weighted by Crippen LogP contribution is -2.53. The first-order valence-corrected chi connectivity index (χ1v) is 11.3. The molecule has 0 saturated carbocycles.